The van der Waals surface area contributed by atoms with Crippen LogP contribution in [0.2, 0.25) is 0 Å². The van der Waals surface area contributed by atoms with Gasteiger partial charge in [0.1, 0.15) is 0 Å². The van der Waals surface area contributed by atoms with Gasteiger partial charge in [0, 0.05) is 37.6 Å². The van der Waals surface area contributed by atoms with E-state index in [2.05, 4.69) is 5.32 Å². The van der Waals surface area contributed by atoms with E-state index in [0.717, 1.165) is 22.5 Å². The predicted octanol–water partition coefficient (Wildman–Crippen LogP) is 2.57. The third-order valence-electron chi connectivity index (χ3n) is 3.55. The van der Waals surface area contributed by atoms with Crippen LogP contribution in [0.15, 0.2) is 42.5 Å². The average molecular weight is 283 g/mol. The summed E-state index contributed by atoms with van der Waals surface area (Å²) in [5.74, 6) is -0.0828. The SMILES string of the molecule is Cc1c(N)cccc1CNC(=O)c1cccc(N(C)C)c1. The quantitative estimate of drug-likeness (QED) is 0.848. The van der Waals surface area contributed by atoms with Crippen molar-refractivity contribution >= 4 is 17.3 Å². The number of nitrogen functional groups attached to an aromatic ring is 1. The van der Waals surface area contributed by atoms with Gasteiger partial charge in [-0.25, -0.2) is 0 Å². The first kappa shape index (κ1) is 14.9. The normalized spacial score (nSPS) is 10.2. The fourth-order valence-electron chi connectivity index (χ4n) is 2.10. The second-order valence-corrected chi connectivity index (χ2v) is 5.26. The molecule has 0 heterocycles. The van der Waals surface area contributed by atoms with Crippen molar-refractivity contribution in [2.45, 2.75) is 13.5 Å². The molecule has 0 bridgehead atoms. The van der Waals surface area contributed by atoms with Crippen molar-refractivity contribution in [2.24, 2.45) is 0 Å². The smallest absolute Gasteiger partial charge is 0.251 e. The maximum absolute atomic E-state index is 12.2. The number of benzene rings is 2. The standard InChI is InChI=1S/C17H21N3O/c1-12-14(7-5-9-16(12)18)11-19-17(21)13-6-4-8-15(10-13)20(2)3/h4-10H,11,18H2,1-3H3,(H,19,21). The number of nitrogens with zero attached hydrogens (tertiary/aromatic N) is 1. The van der Waals surface area contributed by atoms with Gasteiger partial charge in [0.05, 0.1) is 0 Å². The second kappa shape index (κ2) is 6.31. The van der Waals surface area contributed by atoms with Gasteiger partial charge in [0.2, 0.25) is 0 Å². The van der Waals surface area contributed by atoms with Gasteiger partial charge in [0.25, 0.3) is 5.91 Å². The highest BCUT2D eigenvalue weighted by atomic mass is 16.1. The summed E-state index contributed by atoms with van der Waals surface area (Å²) in [6, 6.07) is 13.3. The molecule has 3 N–H and O–H groups in total. The fourth-order valence-corrected chi connectivity index (χ4v) is 2.10. The van der Waals surface area contributed by atoms with Gasteiger partial charge < -0.3 is 16.0 Å². The Hall–Kier alpha value is -2.49. The second-order valence-electron chi connectivity index (χ2n) is 5.26. The third kappa shape index (κ3) is 3.54. The summed E-state index contributed by atoms with van der Waals surface area (Å²) in [6.45, 7) is 2.44. The molecule has 2 aromatic rings. The van der Waals surface area contributed by atoms with Crippen LogP contribution >= 0.6 is 0 Å². The molecular weight excluding hydrogens is 262 g/mol. The van der Waals surface area contributed by atoms with Crippen molar-refractivity contribution < 1.29 is 4.79 Å². The maximum atomic E-state index is 12.2. The monoisotopic (exact) mass is 283 g/mol. The van der Waals surface area contributed by atoms with E-state index >= 15 is 0 Å². The maximum Gasteiger partial charge on any atom is 0.251 e. The summed E-state index contributed by atoms with van der Waals surface area (Å²) in [7, 11) is 3.90. The molecule has 0 unspecified atom stereocenters. The van der Waals surface area contributed by atoms with Crippen LogP contribution in [-0.2, 0) is 6.54 Å². The summed E-state index contributed by atoms with van der Waals surface area (Å²) < 4.78 is 0. The van der Waals surface area contributed by atoms with Gasteiger partial charge in [0.15, 0.2) is 0 Å². The lowest BCUT2D eigenvalue weighted by atomic mass is 10.1. The van der Waals surface area contributed by atoms with Crippen LogP contribution in [0, 0.1) is 6.92 Å². The van der Waals surface area contributed by atoms with Gasteiger partial charge in [-0.15, -0.1) is 0 Å². The number of hydrogen-bond acceptors (Lipinski definition) is 3. The highest BCUT2D eigenvalue weighted by Gasteiger charge is 2.08. The molecule has 0 aliphatic carbocycles. The van der Waals surface area contributed by atoms with Crippen molar-refractivity contribution in [3.63, 3.8) is 0 Å². The summed E-state index contributed by atoms with van der Waals surface area (Å²) in [6.07, 6.45) is 0. The molecule has 21 heavy (non-hydrogen) atoms. The highest BCUT2D eigenvalue weighted by Crippen LogP contribution is 2.16. The van der Waals surface area contributed by atoms with Crippen LogP contribution < -0.4 is 16.0 Å². The zero-order valence-corrected chi connectivity index (χ0v) is 12.7. The Kier molecular flexibility index (Phi) is 4.48. The number of nitrogens with two attached hydrogens (primary N) is 1. The molecule has 0 aliphatic rings. The van der Waals surface area contributed by atoms with E-state index in [4.69, 9.17) is 5.73 Å². The minimum Gasteiger partial charge on any atom is -0.399 e. The molecule has 0 atom stereocenters. The summed E-state index contributed by atoms with van der Waals surface area (Å²) in [4.78, 5) is 14.2. The lowest BCUT2D eigenvalue weighted by Gasteiger charge is -2.14. The summed E-state index contributed by atoms with van der Waals surface area (Å²) in [5, 5.41) is 2.94. The van der Waals surface area contributed by atoms with Crippen LogP contribution in [-0.4, -0.2) is 20.0 Å². The zero-order valence-electron chi connectivity index (χ0n) is 12.7. The van der Waals surface area contributed by atoms with Crippen LogP contribution in [0.5, 0.6) is 0 Å². The predicted molar refractivity (Wildman–Crippen MR) is 87.5 cm³/mol. The first-order valence-electron chi connectivity index (χ1n) is 6.88. The molecule has 0 aliphatic heterocycles. The lowest BCUT2D eigenvalue weighted by Crippen LogP contribution is -2.23. The largest absolute Gasteiger partial charge is 0.399 e. The molecule has 4 nitrogen and oxygen atoms in total. The van der Waals surface area contributed by atoms with E-state index in [1.807, 2.05) is 68.4 Å². The Balaban J connectivity index is 2.08. The average Bonchev–Trinajstić information content (AvgIpc) is 2.48. The van der Waals surface area contributed by atoms with Gasteiger partial charge >= 0.3 is 0 Å². The van der Waals surface area contributed by atoms with Crippen molar-refractivity contribution in [1.29, 1.82) is 0 Å². The molecule has 2 aromatic carbocycles. The highest BCUT2D eigenvalue weighted by molar-refractivity contribution is 5.95. The first-order valence-corrected chi connectivity index (χ1v) is 6.88. The van der Waals surface area contributed by atoms with E-state index in [0.29, 0.717) is 12.1 Å². The van der Waals surface area contributed by atoms with E-state index < -0.39 is 0 Å². The summed E-state index contributed by atoms with van der Waals surface area (Å²) in [5.41, 5.74) is 10.3. The third-order valence-corrected chi connectivity index (χ3v) is 3.55. The molecule has 4 heteroatoms. The Morgan fingerprint density at radius 1 is 1.19 bits per heavy atom. The van der Waals surface area contributed by atoms with Crippen LogP contribution in [0.3, 0.4) is 0 Å². The molecule has 0 saturated carbocycles. The molecule has 110 valence electrons. The van der Waals surface area contributed by atoms with E-state index in [9.17, 15) is 4.79 Å². The van der Waals surface area contributed by atoms with Crippen LogP contribution in [0.1, 0.15) is 21.5 Å². The van der Waals surface area contributed by atoms with E-state index in [-0.39, 0.29) is 5.91 Å². The Bertz CT molecular complexity index is 650. The Morgan fingerprint density at radius 3 is 2.62 bits per heavy atom. The topological polar surface area (TPSA) is 58.4 Å². The minimum absolute atomic E-state index is 0.0828. The molecule has 0 spiro atoms. The van der Waals surface area contributed by atoms with Crippen LogP contribution in [0.25, 0.3) is 0 Å². The lowest BCUT2D eigenvalue weighted by molar-refractivity contribution is 0.0951. The van der Waals surface area contributed by atoms with Crippen molar-refractivity contribution in [3.8, 4) is 0 Å². The number of amides is 1. The fraction of sp³-hybridized carbons (Fsp3) is 0.235. The number of hydrogen-bond donors (Lipinski definition) is 2. The van der Waals surface area contributed by atoms with E-state index in [1.54, 1.807) is 0 Å². The molecule has 0 fully saturated rings. The molecule has 1 amide bonds. The number of rotatable bonds is 4. The van der Waals surface area contributed by atoms with Gasteiger partial charge in [-0.3, -0.25) is 4.79 Å². The van der Waals surface area contributed by atoms with Crippen molar-refractivity contribution in [1.82, 2.24) is 5.32 Å². The van der Waals surface area contributed by atoms with Gasteiger partial charge in [-0.2, -0.15) is 0 Å². The Labute approximate surface area is 125 Å². The molecule has 0 radical (unpaired) electrons. The van der Waals surface area contributed by atoms with Crippen molar-refractivity contribution in [2.75, 3.05) is 24.7 Å². The van der Waals surface area contributed by atoms with Gasteiger partial charge in [-0.05, 0) is 42.3 Å². The number of anilines is 2. The van der Waals surface area contributed by atoms with Crippen molar-refractivity contribution in [3.05, 3.63) is 59.2 Å². The Morgan fingerprint density at radius 2 is 1.90 bits per heavy atom. The molecule has 2 rings (SSSR count). The number of carbonyl (C=O) groups is 1. The van der Waals surface area contributed by atoms with Crippen LogP contribution in [0.4, 0.5) is 11.4 Å². The first-order chi connectivity index (χ1) is 9.99. The molecule has 0 aromatic heterocycles. The zero-order chi connectivity index (χ0) is 15.4. The molecule has 0 saturated heterocycles. The molecular formula is C17H21N3O. The van der Waals surface area contributed by atoms with E-state index in [1.165, 1.54) is 0 Å². The van der Waals surface area contributed by atoms with Gasteiger partial charge in [-0.1, -0.05) is 18.2 Å². The minimum atomic E-state index is -0.0828. The number of nitrogens with one attached hydrogen (secondary N) is 1. The number of carbonyl (C=O) groups excluding carboxylic acids is 1. The summed E-state index contributed by atoms with van der Waals surface area (Å²) >= 11 is 0.